The van der Waals surface area contributed by atoms with Crippen molar-refractivity contribution in [3.63, 3.8) is 0 Å². The number of anilines is 1. The van der Waals surface area contributed by atoms with Gasteiger partial charge in [0, 0.05) is 19.1 Å². The molecule has 1 aliphatic rings. The molecule has 1 aliphatic heterocycles. The number of ether oxygens (including phenoxy) is 1. The second-order valence-corrected chi connectivity index (χ2v) is 4.89. The van der Waals surface area contributed by atoms with Gasteiger partial charge in [-0.3, -0.25) is 0 Å². The highest BCUT2D eigenvalue weighted by atomic mass is 16.5. The van der Waals surface area contributed by atoms with E-state index >= 15 is 0 Å². The molecule has 2 heterocycles. The lowest BCUT2D eigenvalue weighted by atomic mass is 10.3. The van der Waals surface area contributed by atoms with Crippen molar-refractivity contribution in [3.8, 4) is 0 Å². The summed E-state index contributed by atoms with van der Waals surface area (Å²) in [5.74, 6) is -0.433. The molecule has 1 fully saturated rings. The summed E-state index contributed by atoms with van der Waals surface area (Å²) in [6, 6.07) is 0.812. The minimum absolute atomic E-state index is 0.238. The Morgan fingerprint density at radius 1 is 1.58 bits per heavy atom. The molecule has 0 saturated carbocycles. The summed E-state index contributed by atoms with van der Waals surface area (Å²) in [7, 11) is 2.11. The first-order valence-corrected chi connectivity index (χ1v) is 6.69. The SMILES string of the molecule is CCOC(=O)c1coc(N2CCCN(C)CC2C)n1. The highest BCUT2D eigenvalue weighted by molar-refractivity contribution is 5.87. The molecule has 0 spiro atoms. The van der Waals surface area contributed by atoms with Crippen LogP contribution in [0.1, 0.15) is 30.8 Å². The fraction of sp³-hybridized carbons (Fsp3) is 0.692. The van der Waals surface area contributed by atoms with E-state index in [2.05, 4.69) is 28.8 Å². The third-order valence-electron chi connectivity index (χ3n) is 3.27. The van der Waals surface area contributed by atoms with Gasteiger partial charge in [-0.15, -0.1) is 0 Å². The molecule has 106 valence electrons. The molecule has 0 amide bonds. The first-order chi connectivity index (χ1) is 9.11. The Bertz CT molecular complexity index is 433. The number of carbonyl (C=O) groups is 1. The summed E-state index contributed by atoms with van der Waals surface area (Å²) in [6.45, 7) is 7.14. The van der Waals surface area contributed by atoms with Crippen LogP contribution in [0, 0.1) is 0 Å². The van der Waals surface area contributed by atoms with E-state index in [1.165, 1.54) is 6.26 Å². The molecule has 0 radical (unpaired) electrons. The second kappa shape index (κ2) is 6.06. The first kappa shape index (κ1) is 13.9. The largest absolute Gasteiger partial charge is 0.461 e. The molecule has 0 aliphatic carbocycles. The fourth-order valence-corrected chi connectivity index (χ4v) is 2.35. The van der Waals surface area contributed by atoms with Gasteiger partial charge in [0.1, 0.15) is 6.26 Å². The quantitative estimate of drug-likeness (QED) is 0.771. The highest BCUT2D eigenvalue weighted by Gasteiger charge is 2.24. The Morgan fingerprint density at radius 2 is 2.37 bits per heavy atom. The van der Waals surface area contributed by atoms with Crippen LogP contribution < -0.4 is 4.90 Å². The number of nitrogens with zero attached hydrogens (tertiary/aromatic N) is 3. The van der Waals surface area contributed by atoms with E-state index in [0.29, 0.717) is 18.7 Å². The minimum Gasteiger partial charge on any atom is -0.461 e. The fourth-order valence-electron chi connectivity index (χ4n) is 2.35. The summed E-state index contributed by atoms with van der Waals surface area (Å²) >= 11 is 0. The normalized spacial score (nSPS) is 21.2. The first-order valence-electron chi connectivity index (χ1n) is 6.69. The molecule has 1 unspecified atom stereocenters. The van der Waals surface area contributed by atoms with Crippen LogP contribution in [-0.2, 0) is 4.74 Å². The summed E-state index contributed by atoms with van der Waals surface area (Å²) in [6.07, 6.45) is 2.42. The van der Waals surface area contributed by atoms with Gasteiger partial charge in [-0.1, -0.05) is 0 Å². The second-order valence-electron chi connectivity index (χ2n) is 4.89. The van der Waals surface area contributed by atoms with Gasteiger partial charge in [-0.2, -0.15) is 4.98 Å². The lowest BCUT2D eigenvalue weighted by Crippen LogP contribution is -2.38. The average molecular weight is 267 g/mol. The topological polar surface area (TPSA) is 58.8 Å². The molecule has 0 bridgehead atoms. The molecular weight excluding hydrogens is 246 g/mol. The van der Waals surface area contributed by atoms with E-state index in [1.54, 1.807) is 6.92 Å². The van der Waals surface area contributed by atoms with Gasteiger partial charge < -0.3 is 19.0 Å². The van der Waals surface area contributed by atoms with Crippen molar-refractivity contribution in [1.29, 1.82) is 0 Å². The van der Waals surface area contributed by atoms with Gasteiger partial charge in [0.2, 0.25) is 0 Å². The van der Waals surface area contributed by atoms with Gasteiger partial charge >= 0.3 is 5.97 Å². The molecule has 1 saturated heterocycles. The Labute approximate surface area is 113 Å². The maximum atomic E-state index is 11.6. The molecule has 19 heavy (non-hydrogen) atoms. The van der Waals surface area contributed by atoms with Crippen LogP contribution in [0.4, 0.5) is 6.01 Å². The highest BCUT2D eigenvalue weighted by Crippen LogP contribution is 2.19. The van der Waals surface area contributed by atoms with Gasteiger partial charge in [0.05, 0.1) is 6.61 Å². The van der Waals surface area contributed by atoms with Crippen molar-refractivity contribution in [3.05, 3.63) is 12.0 Å². The lowest BCUT2D eigenvalue weighted by molar-refractivity contribution is 0.0519. The number of hydrogen-bond donors (Lipinski definition) is 0. The van der Waals surface area contributed by atoms with E-state index in [9.17, 15) is 4.79 Å². The number of oxazole rings is 1. The van der Waals surface area contributed by atoms with Crippen LogP contribution in [0.15, 0.2) is 10.7 Å². The molecular formula is C13H21N3O3. The number of rotatable bonds is 3. The lowest BCUT2D eigenvalue weighted by Gasteiger charge is -2.26. The van der Waals surface area contributed by atoms with E-state index in [0.717, 1.165) is 26.1 Å². The summed E-state index contributed by atoms with van der Waals surface area (Å²) in [5, 5.41) is 0. The Balaban J connectivity index is 2.10. The van der Waals surface area contributed by atoms with Gasteiger partial charge in [-0.05, 0) is 33.9 Å². The summed E-state index contributed by atoms with van der Waals surface area (Å²) < 4.78 is 10.3. The van der Waals surface area contributed by atoms with Crippen LogP contribution >= 0.6 is 0 Å². The Hall–Kier alpha value is -1.56. The van der Waals surface area contributed by atoms with Crippen molar-refractivity contribution in [2.75, 3.05) is 38.2 Å². The van der Waals surface area contributed by atoms with E-state index in [4.69, 9.17) is 9.15 Å². The zero-order chi connectivity index (χ0) is 13.8. The predicted molar refractivity (Wildman–Crippen MR) is 71.4 cm³/mol. The Kier molecular flexibility index (Phi) is 4.42. The number of carbonyl (C=O) groups excluding carboxylic acids is 1. The maximum absolute atomic E-state index is 11.6. The van der Waals surface area contributed by atoms with Gasteiger partial charge in [0.15, 0.2) is 5.69 Å². The Morgan fingerprint density at radius 3 is 3.11 bits per heavy atom. The van der Waals surface area contributed by atoms with Crippen LogP contribution in [0.2, 0.25) is 0 Å². The van der Waals surface area contributed by atoms with E-state index in [-0.39, 0.29) is 5.69 Å². The van der Waals surface area contributed by atoms with Crippen LogP contribution in [0.3, 0.4) is 0 Å². The van der Waals surface area contributed by atoms with Crippen LogP contribution in [0.5, 0.6) is 0 Å². The van der Waals surface area contributed by atoms with E-state index < -0.39 is 5.97 Å². The van der Waals surface area contributed by atoms with Crippen molar-refractivity contribution in [2.24, 2.45) is 0 Å². The number of likely N-dealkylation sites (N-methyl/N-ethyl adjacent to an activating group) is 1. The monoisotopic (exact) mass is 267 g/mol. The molecule has 0 N–H and O–H groups in total. The van der Waals surface area contributed by atoms with Crippen LogP contribution in [-0.4, -0.2) is 55.2 Å². The molecule has 2 rings (SSSR count). The summed E-state index contributed by atoms with van der Waals surface area (Å²) in [4.78, 5) is 20.2. The smallest absolute Gasteiger partial charge is 0.360 e. The number of esters is 1. The van der Waals surface area contributed by atoms with Crippen molar-refractivity contribution < 1.29 is 13.9 Å². The molecule has 1 aromatic heterocycles. The van der Waals surface area contributed by atoms with E-state index in [1.807, 2.05) is 0 Å². The van der Waals surface area contributed by atoms with Crippen molar-refractivity contribution in [2.45, 2.75) is 26.3 Å². The third kappa shape index (κ3) is 3.26. The van der Waals surface area contributed by atoms with Crippen LogP contribution in [0.25, 0.3) is 0 Å². The number of hydrogen-bond acceptors (Lipinski definition) is 6. The van der Waals surface area contributed by atoms with Gasteiger partial charge in [0.25, 0.3) is 6.01 Å². The molecule has 1 aromatic rings. The summed E-state index contributed by atoms with van der Waals surface area (Å²) in [5.41, 5.74) is 0.238. The maximum Gasteiger partial charge on any atom is 0.360 e. The van der Waals surface area contributed by atoms with Gasteiger partial charge in [-0.25, -0.2) is 4.79 Å². The third-order valence-corrected chi connectivity index (χ3v) is 3.27. The molecule has 1 atom stereocenters. The zero-order valence-electron chi connectivity index (χ0n) is 11.8. The molecule has 0 aromatic carbocycles. The minimum atomic E-state index is -0.433. The predicted octanol–water partition coefficient (Wildman–Crippen LogP) is 1.38. The van der Waals surface area contributed by atoms with Crippen molar-refractivity contribution in [1.82, 2.24) is 9.88 Å². The zero-order valence-corrected chi connectivity index (χ0v) is 11.8. The average Bonchev–Trinajstić information content (AvgIpc) is 2.77. The van der Waals surface area contributed by atoms with Crippen molar-refractivity contribution >= 4 is 12.0 Å². The number of aromatic nitrogens is 1. The standard InChI is InChI=1S/C13H21N3O3/c1-4-18-12(17)11-9-19-13(14-11)16-7-5-6-15(3)8-10(16)2/h9-10H,4-8H2,1-3H3. The molecule has 6 heteroatoms. The molecule has 6 nitrogen and oxygen atoms in total.